The fourth-order valence-corrected chi connectivity index (χ4v) is 1.42. The fraction of sp³-hybridized carbons (Fsp3) is 0.556. The molecule has 0 spiro atoms. The first-order valence-corrected chi connectivity index (χ1v) is 5.09. The molecule has 4 heteroatoms. The third-order valence-corrected chi connectivity index (χ3v) is 2.22. The van der Waals surface area contributed by atoms with Crippen molar-refractivity contribution in [2.45, 2.75) is 6.54 Å². The van der Waals surface area contributed by atoms with Gasteiger partial charge < -0.3 is 9.73 Å². The molecule has 1 aromatic heterocycles. The van der Waals surface area contributed by atoms with Crippen LogP contribution in [-0.2, 0) is 6.54 Å². The molecule has 1 heterocycles. The zero-order chi connectivity index (χ0) is 9.68. The van der Waals surface area contributed by atoms with Crippen molar-refractivity contribution in [1.29, 1.82) is 0 Å². The first-order valence-electron chi connectivity index (χ1n) is 4.29. The van der Waals surface area contributed by atoms with Crippen molar-refractivity contribution in [3.8, 4) is 0 Å². The summed E-state index contributed by atoms with van der Waals surface area (Å²) in [6, 6.07) is 3.90. The second-order valence-electron chi connectivity index (χ2n) is 3.05. The molecular weight excluding hydrogens is 232 g/mol. The van der Waals surface area contributed by atoms with E-state index in [1.807, 2.05) is 19.2 Å². The third-order valence-electron chi connectivity index (χ3n) is 1.80. The molecule has 13 heavy (non-hydrogen) atoms. The molecule has 0 radical (unpaired) electrons. The molecule has 0 aromatic carbocycles. The molecule has 1 aromatic rings. The number of furan rings is 1. The van der Waals surface area contributed by atoms with Gasteiger partial charge in [0, 0.05) is 13.1 Å². The van der Waals surface area contributed by atoms with E-state index in [1.54, 1.807) is 0 Å². The number of nitrogens with one attached hydrogen (secondary N) is 1. The highest BCUT2D eigenvalue weighted by molar-refractivity contribution is 9.10. The molecule has 3 nitrogen and oxygen atoms in total. The van der Waals surface area contributed by atoms with E-state index < -0.39 is 0 Å². The number of rotatable bonds is 5. The molecule has 0 atom stereocenters. The smallest absolute Gasteiger partial charge is 0.169 e. The summed E-state index contributed by atoms with van der Waals surface area (Å²) in [5, 5.41) is 3.11. The summed E-state index contributed by atoms with van der Waals surface area (Å²) >= 11 is 3.28. The highest BCUT2D eigenvalue weighted by Crippen LogP contribution is 2.14. The molecule has 1 rings (SSSR count). The minimum atomic E-state index is 0.796. The van der Waals surface area contributed by atoms with Crippen molar-refractivity contribution in [3.63, 3.8) is 0 Å². The lowest BCUT2D eigenvalue weighted by molar-refractivity contribution is 0.294. The van der Waals surface area contributed by atoms with Crippen molar-refractivity contribution in [2.24, 2.45) is 0 Å². The van der Waals surface area contributed by atoms with Crippen LogP contribution >= 0.6 is 15.9 Å². The van der Waals surface area contributed by atoms with Crippen LogP contribution in [-0.4, -0.2) is 32.1 Å². The predicted molar refractivity (Wildman–Crippen MR) is 56.7 cm³/mol. The van der Waals surface area contributed by atoms with Crippen LogP contribution in [0.5, 0.6) is 0 Å². The van der Waals surface area contributed by atoms with Gasteiger partial charge in [0.1, 0.15) is 5.76 Å². The van der Waals surface area contributed by atoms with Gasteiger partial charge in [-0.2, -0.15) is 0 Å². The van der Waals surface area contributed by atoms with E-state index in [0.29, 0.717) is 0 Å². The SMILES string of the molecule is CNCCN(C)Cc1ccc(Br)o1. The van der Waals surface area contributed by atoms with Crippen molar-refractivity contribution in [1.82, 2.24) is 10.2 Å². The summed E-state index contributed by atoms with van der Waals surface area (Å²) in [6.45, 7) is 2.88. The number of likely N-dealkylation sites (N-methyl/N-ethyl adjacent to an activating group) is 2. The second kappa shape index (κ2) is 5.42. The van der Waals surface area contributed by atoms with Gasteiger partial charge in [0.2, 0.25) is 0 Å². The average molecular weight is 247 g/mol. The molecule has 0 unspecified atom stereocenters. The summed E-state index contributed by atoms with van der Waals surface area (Å²) in [4.78, 5) is 2.21. The first-order chi connectivity index (χ1) is 6.22. The zero-order valence-electron chi connectivity index (χ0n) is 8.01. The maximum absolute atomic E-state index is 5.39. The molecule has 0 saturated carbocycles. The Balaban J connectivity index is 2.31. The predicted octanol–water partition coefficient (Wildman–Crippen LogP) is 1.69. The molecule has 0 aliphatic carbocycles. The van der Waals surface area contributed by atoms with Crippen LogP contribution in [0.4, 0.5) is 0 Å². The molecule has 1 N–H and O–H groups in total. The number of hydrogen-bond donors (Lipinski definition) is 1. The van der Waals surface area contributed by atoms with Crippen LogP contribution in [0.25, 0.3) is 0 Å². The van der Waals surface area contributed by atoms with Crippen molar-refractivity contribution >= 4 is 15.9 Å². The van der Waals surface area contributed by atoms with Gasteiger partial charge >= 0.3 is 0 Å². The summed E-state index contributed by atoms with van der Waals surface area (Å²) < 4.78 is 6.18. The lowest BCUT2D eigenvalue weighted by Gasteiger charge is -2.14. The van der Waals surface area contributed by atoms with Crippen LogP contribution in [0, 0.1) is 0 Å². The average Bonchev–Trinajstić information content (AvgIpc) is 2.48. The van der Waals surface area contributed by atoms with E-state index in [-0.39, 0.29) is 0 Å². The minimum Gasteiger partial charge on any atom is -0.453 e. The molecule has 0 fully saturated rings. The lowest BCUT2D eigenvalue weighted by atomic mass is 10.4. The molecule has 0 aliphatic rings. The monoisotopic (exact) mass is 246 g/mol. The van der Waals surface area contributed by atoms with E-state index in [1.165, 1.54) is 0 Å². The van der Waals surface area contributed by atoms with Gasteiger partial charge in [0.15, 0.2) is 4.67 Å². The van der Waals surface area contributed by atoms with Gasteiger partial charge in [-0.25, -0.2) is 0 Å². The van der Waals surface area contributed by atoms with Gasteiger partial charge in [-0.3, -0.25) is 4.90 Å². The van der Waals surface area contributed by atoms with E-state index in [4.69, 9.17) is 4.42 Å². The highest BCUT2D eigenvalue weighted by atomic mass is 79.9. The summed E-state index contributed by atoms with van der Waals surface area (Å²) in [5.41, 5.74) is 0. The molecule has 0 amide bonds. The normalized spacial score (nSPS) is 11.1. The summed E-state index contributed by atoms with van der Waals surface area (Å²) in [6.07, 6.45) is 0. The Morgan fingerprint density at radius 3 is 2.85 bits per heavy atom. The molecule has 0 bridgehead atoms. The Labute approximate surface area is 87.2 Å². The second-order valence-corrected chi connectivity index (χ2v) is 3.83. The highest BCUT2D eigenvalue weighted by Gasteiger charge is 2.03. The van der Waals surface area contributed by atoms with Crippen LogP contribution < -0.4 is 5.32 Å². The van der Waals surface area contributed by atoms with Gasteiger partial charge in [0.25, 0.3) is 0 Å². The quantitative estimate of drug-likeness (QED) is 0.858. The van der Waals surface area contributed by atoms with Crippen LogP contribution in [0.2, 0.25) is 0 Å². The van der Waals surface area contributed by atoms with Crippen molar-refractivity contribution in [2.75, 3.05) is 27.2 Å². The standard InChI is InChI=1S/C9H15BrN2O/c1-11-5-6-12(2)7-8-3-4-9(10)13-8/h3-4,11H,5-7H2,1-2H3. The maximum atomic E-state index is 5.39. The van der Waals surface area contributed by atoms with E-state index in [0.717, 1.165) is 30.1 Å². The Bertz CT molecular complexity index is 250. The Morgan fingerprint density at radius 1 is 1.54 bits per heavy atom. The van der Waals surface area contributed by atoms with Crippen LogP contribution in [0.3, 0.4) is 0 Å². The van der Waals surface area contributed by atoms with Crippen molar-refractivity contribution < 1.29 is 4.42 Å². The molecule has 74 valence electrons. The number of nitrogens with zero attached hydrogens (tertiary/aromatic N) is 1. The molecule has 0 aliphatic heterocycles. The Hall–Kier alpha value is -0.320. The largest absolute Gasteiger partial charge is 0.453 e. The summed E-state index contributed by atoms with van der Waals surface area (Å²) in [5.74, 6) is 0.991. The van der Waals surface area contributed by atoms with Gasteiger partial charge in [-0.1, -0.05) is 0 Å². The Kier molecular flexibility index (Phi) is 4.48. The van der Waals surface area contributed by atoms with Crippen LogP contribution in [0.1, 0.15) is 5.76 Å². The Morgan fingerprint density at radius 2 is 2.31 bits per heavy atom. The maximum Gasteiger partial charge on any atom is 0.169 e. The summed E-state index contributed by atoms with van der Waals surface area (Å²) in [7, 11) is 4.03. The number of hydrogen-bond acceptors (Lipinski definition) is 3. The topological polar surface area (TPSA) is 28.4 Å². The van der Waals surface area contributed by atoms with Crippen molar-refractivity contribution in [3.05, 3.63) is 22.6 Å². The molecule has 0 saturated heterocycles. The molecular formula is C9H15BrN2O. The number of halogens is 1. The zero-order valence-corrected chi connectivity index (χ0v) is 9.60. The van der Waals surface area contributed by atoms with Gasteiger partial charge in [-0.15, -0.1) is 0 Å². The van der Waals surface area contributed by atoms with E-state index >= 15 is 0 Å². The van der Waals surface area contributed by atoms with Gasteiger partial charge in [0.05, 0.1) is 6.54 Å². The van der Waals surface area contributed by atoms with E-state index in [9.17, 15) is 0 Å². The lowest BCUT2D eigenvalue weighted by Crippen LogP contribution is -2.26. The fourth-order valence-electron chi connectivity index (χ4n) is 1.08. The third kappa shape index (κ3) is 3.93. The van der Waals surface area contributed by atoms with Gasteiger partial charge in [-0.05, 0) is 42.2 Å². The first kappa shape index (κ1) is 10.8. The van der Waals surface area contributed by atoms with E-state index in [2.05, 4.69) is 33.2 Å². The van der Waals surface area contributed by atoms with Crippen LogP contribution in [0.15, 0.2) is 21.2 Å². The minimum absolute atomic E-state index is 0.796.